The van der Waals surface area contributed by atoms with E-state index in [1.807, 2.05) is 24.3 Å². The van der Waals surface area contributed by atoms with Gasteiger partial charge in [-0.05, 0) is 53.6 Å². The summed E-state index contributed by atoms with van der Waals surface area (Å²) in [5, 5.41) is 0. The smallest absolute Gasteiger partial charge is 0.201 e. The molecule has 0 radical (unpaired) electrons. The van der Waals surface area contributed by atoms with E-state index < -0.39 is 19.7 Å². The average Bonchev–Trinajstić information content (AvgIpc) is 3.02. The normalized spacial score (nSPS) is 11.6. The van der Waals surface area contributed by atoms with E-state index in [2.05, 4.69) is 56.6 Å². The van der Waals surface area contributed by atoms with Gasteiger partial charge in [-0.15, -0.1) is 12.3 Å². The van der Waals surface area contributed by atoms with Crippen LogP contribution in [-0.2, 0) is 6.42 Å². The van der Waals surface area contributed by atoms with Gasteiger partial charge in [0.2, 0.25) is 5.82 Å². The van der Waals surface area contributed by atoms with Crippen LogP contribution in [-0.4, -0.2) is 14.7 Å². The van der Waals surface area contributed by atoms with Crippen LogP contribution in [0.25, 0.3) is 22.3 Å². The van der Waals surface area contributed by atoms with Crippen molar-refractivity contribution in [2.24, 2.45) is 0 Å². The highest BCUT2D eigenvalue weighted by Crippen LogP contribution is 2.32. The molecule has 0 atom stereocenters. The molecule has 0 fully saturated rings. The largest absolute Gasteiger partial charge is 0.490 e. The van der Waals surface area contributed by atoms with E-state index in [9.17, 15) is 4.39 Å². The highest BCUT2D eigenvalue weighted by atomic mass is 28.3. The molecule has 0 N–H and O–H groups in total. The lowest BCUT2D eigenvalue weighted by Crippen LogP contribution is -2.21. The molecule has 0 aromatic heterocycles. The van der Waals surface area contributed by atoms with Crippen molar-refractivity contribution in [2.45, 2.75) is 116 Å². The van der Waals surface area contributed by atoms with E-state index in [1.54, 1.807) is 12.1 Å². The summed E-state index contributed by atoms with van der Waals surface area (Å²) in [4.78, 5) is 0. The van der Waals surface area contributed by atoms with E-state index in [-0.39, 0.29) is 11.3 Å². The standard InChI is InChI=1S/C39H54F2OSi/c1-5-7-8-13-16-19-32-20-22-33(23-21-32)34-24-26-35(27-25-34)36-28-29-37(39(41)38(36)40)42-30-17-14-11-9-10-12-15-18-31-43(3,4)6-2/h6,20-29H,2,5,7-19,30-31H2,1,3-4H3. The van der Waals surface area contributed by atoms with Gasteiger partial charge in [0, 0.05) is 5.56 Å². The van der Waals surface area contributed by atoms with Gasteiger partial charge in [-0.3, -0.25) is 0 Å². The highest BCUT2D eigenvalue weighted by molar-refractivity contribution is 6.82. The number of ether oxygens (including phenoxy) is 1. The second-order valence-corrected chi connectivity index (χ2v) is 17.7. The third-order valence-corrected chi connectivity index (χ3v) is 11.4. The quantitative estimate of drug-likeness (QED) is 0.0868. The molecular weight excluding hydrogens is 551 g/mol. The topological polar surface area (TPSA) is 9.23 Å². The summed E-state index contributed by atoms with van der Waals surface area (Å²) in [5.74, 6) is -1.77. The number of aryl methyl sites for hydroxylation is 1. The summed E-state index contributed by atoms with van der Waals surface area (Å²) in [7, 11) is -1.15. The number of unbranched alkanes of at least 4 members (excludes halogenated alkanes) is 11. The van der Waals surface area contributed by atoms with Crippen molar-refractivity contribution in [3.05, 3.63) is 90.1 Å². The van der Waals surface area contributed by atoms with Crippen LogP contribution in [0, 0.1) is 11.6 Å². The van der Waals surface area contributed by atoms with Gasteiger partial charge in [0.25, 0.3) is 0 Å². The first-order valence-corrected chi connectivity index (χ1v) is 20.1. The third kappa shape index (κ3) is 12.1. The third-order valence-electron chi connectivity index (χ3n) is 8.62. The molecule has 3 rings (SSSR count). The predicted octanol–water partition coefficient (Wildman–Crippen LogP) is 12.7. The van der Waals surface area contributed by atoms with Gasteiger partial charge >= 0.3 is 0 Å². The van der Waals surface area contributed by atoms with E-state index >= 15 is 4.39 Å². The van der Waals surface area contributed by atoms with Crippen LogP contribution in [0.1, 0.15) is 96.0 Å². The van der Waals surface area contributed by atoms with Crippen LogP contribution in [0.2, 0.25) is 19.1 Å². The number of rotatable bonds is 21. The molecule has 234 valence electrons. The molecule has 3 aromatic carbocycles. The Balaban J connectivity index is 1.39. The maximum atomic E-state index is 15.0. The highest BCUT2D eigenvalue weighted by Gasteiger charge is 2.16. The minimum absolute atomic E-state index is 0.00526. The van der Waals surface area contributed by atoms with E-state index in [4.69, 9.17) is 4.74 Å². The monoisotopic (exact) mass is 604 g/mol. The van der Waals surface area contributed by atoms with Gasteiger partial charge in [0.05, 0.1) is 14.7 Å². The predicted molar refractivity (Wildman–Crippen MR) is 185 cm³/mol. The molecule has 0 heterocycles. The molecule has 3 aromatic rings. The summed E-state index contributed by atoms with van der Waals surface area (Å²) < 4.78 is 35.5. The molecule has 0 spiro atoms. The molecule has 0 saturated carbocycles. The molecule has 0 amide bonds. The Hall–Kier alpha value is -2.72. The van der Waals surface area contributed by atoms with Crippen LogP contribution in [0.3, 0.4) is 0 Å². The molecule has 0 aliphatic heterocycles. The summed E-state index contributed by atoms with van der Waals surface area (Å²) in [6, 6.07) is 20.9. The SMILES string of the molecule is C=C[Si](C)(C)CCCCCCCCCCOc1ccc(-c2ccc(-c3ccc(CCCCCCC)cc3)cc2)c(F)c1F. The molecule has 1 nitrogen and oxygen atoms in total. The second kappa shape index (κ2) is 18.8. The fraction of sp³-hybridized carbons (Fsp3) is 0.487. The Morgan fingerprint density at radius 3 is 1.79 bits per heavy atom. The lowest BCUT2D eigenvalue weighted by atomic mass is 9.98. The first-order chi connectivity index (χ1) is 20.8. The Kier molecular flexibility index (Phi) is 15.2. The molecule has 0 aliphatic carbocycles. The number of benzene rings is 3. The number of halogens is 2. The molecule has 0 unspecified atom stereocenters. The van der Waals surface area contributed by atoms with Crippen molar-refractivity contribution in [3.8, 4) is 28.0 Å². The van der Waals surface area contributed by atoms with Gasteiger partial charge < -0.3 is 4.74 Å². The average molecular weight is 605 g/mol. The summed E-state index contributed by atoms with van der Waals surface area (Å²) in [6.45, 7) is 11.4. The molecule has 0 aliphatic rings. The van der Waals surface area contributed by atoms with E-state index in [1.165, 1.54) is 75.8 Å². The number of hydrogen-bond donors (Lipinski definition) is 0. The van der Waals surface area contributed by atoms with Gasteiger partial charge in [-0.25, -0.2) is 4.39 Å². The number of hydrogen-bond acceptors (Lipinski definition) is 1. The van der Waals surface area contributed by atoms with Crippen molar-refractivity contribution in [3.63, 3.8) is 0 Å². The lowest BCUT2D eigenvalue weighted by Gasteiger charge is -2.16. The minimum Gasteiger partial charge on any atom is -0.490 e. The van der Waals surface area contributed by atoms with Gasteiger partial charge in [0.15, 0.2) is 11.6 Å². The van der Waals surface area contributed by atoms with Gasteiger partial charge in [-0.1, -0.05) is 145 Å². The minimum atomic E-state index is -1.15. The zero-order chi connectivity index (χ0) is 30.9. The Labute approximate surface area is 261 Å². The zero-order valence-corrected chi connectivity index (χ0v) is 28.0. The Morgan fingerprint density at radius 2 is 1.16 bits per heavy atom. The van der Waals surface area contributed by atoms with Crippen LogP contribution in [0.15, 0.2) is 72.9 Å². The van der Waals surface area contributed by atoms with Crippen LogP contribution >= 0.6 is 0 Å². The Morgan fingerprint density at radius 1 is 0.628 bits per heavy atom. The van der Waals surface area contributed by atoms with E-state index in [0.717, 1.165) is 36.8 Å². The zero-order valence-electron chi connectivity index (χ0n) is 27.0. The second-order valence-electron chi connectivity index (χ2n) is 12.8. The van der Waals surface area contributed by atoms with E-state index in [0.29, 0.717) is 12.2 Å². The summed E-state index contributed by atoms with van der Waals surface area (Å²) >= 11 is 0. The molecule has 0 saturated heterocycles. The fourth-order valence-electron chi connectivity index (χ4n) is 5.53. The summed E-state index contributed by atoms with van der Waals surface area (Å²) in [5.41, 5.74) is 6.66. The fourth-order valence-corrected chi connectivity index (χ4v) is 6.90. The molecule has 43 heavy (non-hydrogen) atoms. The van der Waals surface area contributed by atoms with Gasteiger partial charge in [-0.2, -0.15) is 4.39 Å². The van der Waals surface area contributed by atoms with Crippen LogP contribution < -0.4 is 4.74 Å². The first-order valence-electron chi connectivity index (χ1n) is 16.8. The summed E-state index contributed by atoms with van der Waals surface area (Å²) in [6.07, 6.45) is 17.0. The first kappa shape index (κ1) is 34.8. The maximum absolute atomic E-state index is 15.0. The van der Waals surface area contributed by atoms with Crippen molar-refractivity contribution in [1.29, 1.82) is 0 Å². The molecule has 0 bridgehead atoms. The molecule has 4 heteroatoms. The van der Waals surface area contributed by atoms with Gasteiger partial charge in [0.1, 0.15) is 0 Å². The molecular formula is C39H54F2OSi. The maximum Gasteiger partial charge on any atom is 0.201 e. The van der Waals surface area contributed by atoms with Crippen molar-refractivity contribution in [2.75, 3.05) is 6.61 Å². The van der Waals surface area contributed by atoms with Crippen molar-refractivity contribution >= 4 is 8.07 Å². The van der Waals surface area contributed by atoms with Crippen LogP contribution in [0.5, 0.6) is 5.75 Å². The Bertz CT molecular complexity index is 1220. The lowest BCUT2D eigenvalue weighted by molar-refractivity contribution is 0.285. The van der Waals surface area contributed by atoms with Crippen LogP contribution in [0.4, 0.5) is 8.78 Å². The van der Waals surface area contributed by atoms with Crippen molar-refractivity contribution < 1.29 is 13.5 Å². The van der Waals surface area contributed by atoms with Crippen molar-refractivity contribution in [1.82, 2.24) is 0 Å².